The Morgan fingerprint density at radius 1 is 1.47 bits per heavy atom. The van der Waals surface area contributed by atoms with Crippen LogP contribution in [-0.2, 0) is 4.79 Å². The van der Waals surface area contributed by atoms with Crippen molar-refractivity contribution >= 4 is 26.7 Å². The first kappa shape index (κ1) is 11.9. The summed E-state index contributed by atoms with van der Waals surface area (Å²) in [4.78, 5) is 11.1. The number of hydrogen-bond acceptors (Lipinski definition) is 3. The number of nitrogens with zero attached hydrogens (tertiary/aromatic N) is 1. The Kier molecular flexibility index (Phi) is 2.80. The summed E-state index contributed by atoms with van der Waals surface area (Å²) >= 11 is 3.41. The highest BCUT2D eigenvalue weighted by atomic mass is 79.9. The molecule has 0 amide bonds. The molecule has 0 spiro atoms. The van der Waals surface area contributed by atoms with Crippen LogP contribution in [0.15, 0.2) is 23.8 Å². The molecule has 0 bridgehead atoms. The predicted molar refractivity (Wildman–Crippen MR) is 67.8 cm³/mol. The SMILES string of the molecule is CC1(C)Oc2ccc(C#N)cc2C(Br)=C1C=O. The minimum atomic E-state index is -0.665. The van der Waals surface area contributed by atoms with Gasteiger partial charge >= 0.3 is 0 Å². The maximum absolute atomic E-state index is 11.1. The number of hydrogen-bond donors (Lipinski definition) is 0. The molecule has 1 aliphatic rings. The first-order chi connectivity index (χ1) is 7.99. The molecule has 17 heavy (non-hydrogen) atoms. The van der Waals surface area contributed by atoms with Crippen molar-refractivity contribution in [3.8, 4) is 11.8 Å². The van der Waals surface area contributed by atoms with Gasteiger partial charge in [-0.25, -0.2) is 0 Å². The lowest BCUT2D eigenvalue weighted by molar-refractivity contribution is -0.106. The topological polar surface area (TPSA) is 50.1 Å². The Balaban J connectivity index is 2.69. The van der Waals surface area contributed by atoms with Gasteiger partial charge in [-0.1, -0.05) is 0 Å². The molecule has 0 N–H and O–H groups in total. The molecule has 0 radical (unpaired) electrons. The van der Waals surface area contributed by atoms with Crippen molar-refractivity contribution in [2.24, 2.45) is 0 Å². The van der Waals surface area contributed by atoms with Crippen LogP contribution in [0.1, 0.15) is 25.0 Å². The van der Waals surface area contributed by atoms with Gasteiger partial charge in [0.25, 0.3) is 0 Å². The third-order valence-electron chi connectivity index (χ3n) is 2.71. The highest BCUT2D eigenvalue weighted by Gasteiger charge is 2.34. The number of aldehydes is 1. The van der Waals surface area contributed by atoms with Gasteiger partial charge in [0.2, 0.25) is 0 Å². The summed E-state index contributed by atoms with van der Waals surface area (Å²) in [6.45, 7) is 3.66. The number of rotatable bonds is 1. The molecule has 3 nitrogen and oxygen atoms in total. The fourth-order valence-corrected chi connectivity index (χ4v) is 2.67. The van der Waals surface area contributed by atoms with E-state index in [0.29, 0.717) is 21.4 Å². The van der Waals surface area contributed by atoms with E-state index >= 15 is 0 Å². The molecule has 1 heterocycles. The zero-order chi connectivity index (χ0) is 12.6. The second-order valence-electron chi connectivity index (χ2n) is 4.28. The molecule has 0 unspecified atom stereocenters. The molecule has 0 saturated heterocycles. The number of nitriles is 1. The van der Waals surface area contributed by atoms with Crippen LogP contribution in [-0.4, -0.2) is 11.9 Å². The van der Waals surface area contributed by atoms with Crippen LogP contribution in [0.2, 0.25) is 0 Å². The van der Waals surface area contributed by atoms with E-state index in [2.05, 4.69) is 22.0 Å². The Morgan fingerprint density at radius 2 is 2.18 bits per heavy atom. The molecule has 2 rings (SSSR count). The lowest BCUT2D eigenvalue weighted by atomic mass is 9.92. The van der Waals surface area contributed by atoms with E-state index in [-0.39, 0.29) is 0 Å². The summed E-state index contributed by atoms with van der Waals surface area (Å²) in [5, 5.41) is 8.86. The molecule has 86 valence electrons. The van der Waals surface area contributed by atoms with Gasteiger partial charge in [-0.2, -0.15) is 5.26 Å². The molecule has 1 aromatic carbocycles. The molecule has 0 atom stereocenters. The molecule has 0 fully saturated rings. The Hall–Kier alpha value is -1.60. The quantitative estimate of drug-likeness (QED) is 0.747. The molecule has 1 aromatic rings. The number of carbonyl (C=O) groups excluding carboxylic acids is 1. The van der Waals surface area contributed by atoms with Gasteiger partial charge < -0.3 is 4.74 Å². The average molecular weight is 292 g/mol. The third kappa shape index (κ3) is 1.87. The van der Waals surface area contributed by atoms with Crippen LogP contribution in [0.25, 0.3) is 4.48 Å². The number of fused-ring (bicyclic) bond motifs is 1. The Bertz CT molecular complexity index is 567. The van der Waals surface area contributed by atoms with Crippen LogP contribution in [0.3, 0.4) is 0 Å². The predicted octanol–water partition coefficient (Wildman–Crippen LogP) is 3.03. The van der Waals surface area contributed by atoms with Crippen molar-refractivity contribution in [2.75, 3.05) is 0 Å². The Labute approximate surface area is 108 Å². The van der Waals surface area contributed by atoms with Crippen LogP contribution in [0, 0.1) is 11.3 Å². The van der Waals surface area contributed by atoms with Gasteiger partial charge in [-0.3, -0.25) is 4.79 Å². The van der Waals surface area contributed by atoms with Crippen LogP contribution >= 0.6 is 15.9 Å². The van der Waals surface area contributed by atoms with E-state index in [1.807, 2.05) is 13.8 Å². The molecule has 0 saturated carbocycles. The van der Waals surface area contributed by atoms with Crippen molar-refractivity contribution in [3.05, 3.63) is 34.9 Å². The van der Waals surface area contributed by atoms with Gasteiger partial charge in [0.05, 0.1) is 11.6 Å². The second-order valence-corrected chi connectivity index (χ2v) is 5.07. The lowest BCUT2D eigenvalue weighted by Gasteiger charge is -2.33. The van der Waals surface area contributed by atoms with Gasteiger partial charge in [-0.15, -0.1) is 0 Å². The van der Waals surface area contributed by atoms with Crippen LogP contribution < -0.4 is 4.74 Å². The minimum absolute atomic E-state index is 0.536. The Morgan fingerprint density at radius 3 is 2.76 bits per heavy atom. The fraction of sp³-hybridized carbons (Fsp3) is 0.231. The number of benzene rings is 1. The van der Waals surface area contributed by atoms with E-state index in [4.69, 9.17) is 10.00 Å². The lowest BCUT2D eigenvalue weighted by Crippen LogP contribution is -2.34. The first-order valence-electron chi connectivity index (χ1n) is 5.08. The second kappa shape index (κ2) is 4.01. The summed E-state index contributed by atoms with van der Waals surface area (Å²) in [5.41, 5.74) is 1.15. The highest BCUT2D eigenvalue weighted by Crippen LogP contribution is 2.43. The first-order valence-corrected chi connectivity index (χ1v) is 5.88. The monoisotopic (exact) mass is 291 g/mol. The van der Waals surface area contributed by atoms with E-state index in [9.17, 15) is 4.79 Å². The summed E-state index contributed by atoms with van der Waals surface area (Å²) in [7, 11) is 0. The largest absolute Gasteiger partial charge is 0.482 e. The molecular weight excluding hydrogens is 282 g/mol. The molecular formula is C13H10BrNO2. The van der Waals surface area contributed by atoms with E-state index in [0.717, 1.165) is 11.8 Å². The summed E-state index contributed by atoms with van der Waals surface area (Å²) in [5.74, 6) is 0.673. The molecule has 0 aromatic heterocycles. The van der Waals surface area contributed by atoms with Crippen LogP contribution in [0.5, 0.6) is 5.75 Å². The summed E-state index contributed by atoms with van der Waals surface area (Å²) in [6, 6.07) is 7.21. The van der Waals surface area contributed by atoms with Crippen molar-refractivity contribution in [2.45, 2.75) is 19.4 Å². The maximum Gasteiger partial charge on any atom is 0.151 e. The van der Waals surface area contributed by atoms with Gasteiger partial charge in [-0.05, 0) is 48.0 Å². The standard InChI is InChI=1S/C13H10BrNO2/c1-13(2)10(7-16)12(14)9-5-8(6-15)3-4-11(9)17-13/h3-5,7H,1-2H3. The highest BCUT2D eigenvalue weighted by molar-refractivity contribution is 9.15. The average Bonchev–Trinajstić information content (AvgIpc) is 2.28. The van der Waals surface area contributed by atoms with Crippen molar-refractivity contribution in [3.63, 3.8) is 0 Å². The summed E-state index contributed by atoms with van der Waals surface area (Å²) < 4.78 is 6.45. The van der Waals surface area contributed by atoms with Crippen molar-refractivity contribution < 1.29 is 9.53 Å². The normalized spacial score (nSPS) is 16.8. The maximum atomic E-state index is 11.1. The smallest absolute Gasteiger partial charge is 0.151 e. The summed E-state index contributed by atoms with van der Waals surface area (Å²) in [6.07, 6.45) is 0.784. The van der Waals surface area contributed by atoms with E-state index < -0.39 is 5.60 Å². The zero-order valence-corrected chi connectivity index (χ0v) is 11.0. The van der Waals surface area contributed by atoms with E-state index in [1.165, 1.54) is 0 Å². The fourth-order valence-electron chi connectivity index (χ4n) is 1.79. The number of ether oxygens (including phenoxy) is 1. The van der Waals surface area contributed by atoms with Crippen LogP contribution in [0.4, 0.5) is 0 Å². The van der Waals surface area contributed by atoms with Gasteiger partial charge in [0.15, 0.2) is 6.29 Å². The van der Waals surface area contributed by atoms with Gasteiger partial charge in [0.1, 0.15) is 11.4 Å². The van der Waals surface area contributed by atoms with Gasteiger partial charge in [0, 0.05) is 15.6 Å². The molecule has 1 aliphatic heterocycles. The zero-order valence-electron chi connectivity index (χ0n) is 9.45. The minimum Gasteiger partial charge on any atom is -0.482 e. The van der Waals surface area contributed by atoms with E-state index in [1.54, 1.807) is 18.2 Å². The van der Waals surface area contributed by atoms with Crippen molar-refractivity contribution in [1.82, 2.24) is 0 Å². The number of carbonyl (C=O) groups is 1. The molecule has 0 aliphatic carbocycles. The van der Waals surface area contributed by atoms with Crippen molar-refractivity contribution in [1.29, 1.82) is 5.26 Å². The third-order valence-corrected chi connectivity index (χ3v) is 3.57. The number of halogens is 1. The molecule has 4 heteroatoms.